The second kappa shape index (κ2) is 5.63. The third-order valence-electron chi connectivity index (χ3n) is 3.84. The number of benzene rings is 1. The van der Waals surface area contributed by atoms with Gasteiger partial charge in [-0.05, 0) is 24.6 Å². The fourth-order valence-corrected chi connectivity index (χ4v) is 2.76. The fraction of sp³-hybridized carbons (Fsp3) is 0.312. The average Bonchev–Trinajstić information content (AvgIpc) is 2.97. The predicted octanol–water partition coefficient (Wildman–Crippen LogP) is 1.22. The van der Waals surface area contributed by atoms with Gasteiger partial charge in [-0.15, -0.1) is 0 Å². The van der Waals surface area contributed by atoms with Crippen LogP contribution in [0.4, 0.5) is 0 Å². The molecule has 0 radical (unpaired) electrons. The van der Waals surface area contributed by atoms with Crippen LogP contribution in [0.15, 0.2) is 30.3 Å². The molecule has 1 aromatic heterocycles. The van der Waals surface area contributed by atoms with Crippen molar-refractivity contribution in [1.29, 1.82) is 0 Å². The predicted molar refractivity (Wildman–Crippen MR) is 81.1 cm³/mol. The zero-order chi connectivity index (χ0) is 15.7. The fourth-order valence-electron chi connectivity index (χ4n) is 2.76. The van der Waals surface area contributed by atoms with Crippen LogP contribution in [0.5, 0.6) is 0 Å². The Hall–Kier alpha value is -2.63. The Labute approximate surface area is 128 Å². The van der Waals surface area contributed by atoms with Crippen molar-refractivity contribution in [1.82, 2.24) is 20.4 Å². The van der Waals surface area contributed by atoms with Crippen LogP contribution in [0.3, 0.4) is 0 Å². The second-order valence-corrected chi connectivity index (χ2v) is 5.49. The Morgan fingerprint density at radius 2 is 2.18 bits per heavy atom. The van der Waals surface area contributed by atoms with Crippen molar-refractivity contribution in [3.63, 3.8) is 0 Å². The maximum Gasteiger partial charge on any atom is 0.252 e. The maximum absolute atomic E-state index is 12.1. The molecular weight excluding hydrogens is 280 g/mol. The van der Waals surface area contributed by atoms with Crippen LogP contribution < -0.4 is 10.6 Å². The summed E-state index contributed by atoms with van der Waals surface area (Å²) in [4.78, 5) is 23.9. The van der Waals surface area contributed by atoms with E-state index in [9.17, 15) is 9.59 Å². The van der Waals surface area contributed by atoms with E-state index < -0.39 is 0 Å². The van der Waals surface area contributed by atoms with Crippen LogP contribution in [0.2, 0.25) is 0 Å². The van der Waals surface area contributed by atoms with Gasteiger partial charge in [0.2, 0.25) is 5.91 Å². The average molecular weight is 298 g/mol. The molecule has 0 spiro atoms. The van der Waals surface area contributed by atoms with E-state index in [0.29, 0.717) is 12.1 Å². The van der Waals surface area contributed by atoms with E-state index in [-0.39, 0.29) is 24.3 Å². The summed E-state index contributed by atoms with van der Waals surface area (Å²) in [5.74, 6) is -0.212. The molecule has 0 bridgehead atoms. The summed E-state index contributed by atoms with van der Waals surface area (Å²) < 4.78 is 1.75. The van der Waals surface area contributed by atoms with Gasteiger partial charge < -0.3 is 10.6 Å². The van der Waals surface area contributed by atoms with Gasteiger partial charge in [0, 0.05) is 12.6 Å². The molecule has 0 fully saturated rings. The first-order chi connectivity index (χ1) is 10.5. The van der Waals surface area contributed by atoms with Crippen molar-refractivity contribution in [3.05, 3.63) is 52.8 Å². The van der Waals surface area contributed by atoms with Crippen LogP contribution >= 0.6 is 0 Å². The molecule has 22 heavy (non-hydrogen) atoms. The van der Waals surface area contributed by atoms with E-state index in [2.05, 4.69) is 15.7 Å². The number of hydrogen-bond donors (Lipinski definition) is 2. The molecule has 2 N–H and O–H groups in total. The van der Waals surface area contributed by atoms with Crippen LogP contribution in [0.25, 0.3) is 0 Å². The molecule has 0 saturated carbocycles. The minimum absolute atomic E-state index is 0.0964. The smallest absolute Gasteiger partial charge is 0.252 e. The summed E-state index contributed by atoms with van der Waals surface area (Å²) in [5, 5.41) is 9.96. The number of carbonyl (C=O) groups excluding carboxylic acids is 2. The van der Waals surface area contributed by atoms with Crippen molar-refractivity contribution < 1.29 is 9.59 Å². The van der Waals surface area contributed by atoms with E-state index in [1.807, 2.05) is 38.2 Å². The van der Waals surface area contributed by atoms with E-state index in [1.165, 1.54) is 0 Å². The van der Waals surface area contributed by atoms with Gasteiger partial charge >= 0.3 is 0 Å². The van der Waals surface area contributed by atoms with Crippen LogP contribution in [0, 0.1) is 6.92 Å². The highest BCUT2D eigenvalue weighted by molar-refractivity contribution is 5.99. The Morgan fingerprint density at radius 1 is 1.41 bits per heavy atom. The Bertz CT molecular complexity index is 735. The summed E-state index contributed by atoms with van der Waals surface area (Å²) in [7, 11) is 1.85. The number of fused-ring (bicyclic) bond motifs is 1. The first-order valence-corrected chi connectivity index (χ1v) is 7.20. The lowest BCUT2D eigenvalue weighted by atomic mass is 10.0. The Kier molecular flexibility index (Phi) is 3.66. The quantitative estimate of drug-likeness (QED) is 0.891. The first kappa shape index (κ1) is 14.3. The molecule has 1 atom stereocenters. The largest absolute Gasteiger partial charge is 0.350 e. The minimum Gasteiger partial charge on any atom is -0.350 e. The molecule has 1 aliphatic heterocycles. The molecule has 114 valence electrons. The van der Waals surface area contributed by atoms with Crippen molar-refractivity contribution >= 4 is 11.8 Å². The third-order valence-corrected chi connectivity index (χ3v) is 3.84. The maximum atomic E-state index is 12.1. The van der Waals surface area contributed by atoms with E-state index in [1.54, 1.807) is 10.7 Å². The molecule has 0 saturated heterocycles. The molecule has 2 aromatic rings. The highest BCUT2D eigenvalue weighted by Crippen LogP contribution is 2.27. The number of amides is 2. The van der Waals surface area contributed by atoms with Gasteiger partial charge in [-0.25, -0.2) is 0 Å². The van der Waals surface area contributed by atoms with Gasteiger partial charge in [-0.1, -0.05) is 18.2 Å². The van der Waals surface area contributed by atoms with Gasteiger partial charge in [0.15, 0.2) is 0 Å². The number of hydrogen-bond acceptors (Lipinski definition) is 3. The zero-order valence-corrected chi connectivity index (χ0v) is 12.6. The van der Waals surface area contributed by atoms with Crippen molar-refractivity contribution in [2.24, 2.45) is 7.05 Å². The normalized spacial score (nSPS) is 16.3. The summed E-state index contributed by atoms with van der Waals surface area (Å²) in [6.45, 7) is 2.34. The van der Waals surface area contributed by atoms with E-state index in [0.717, 1.165) is 17.0 Å². The third kappa shape index (κ3) is 2.72. The standard InChI is InChI=1S/C16H18N4O2/c1-10-7-11(20(2)19-10)9-17-15(21)8-14-12-5-3-4-6-13(12)16(22)18-14/h3-7,14H,8-9H2,1-2H3,(H,17,21)(H,18,22)/t14-/m0/s1. The minimum atomic E-state index is -0.253. The number of nitrogens with zero attached hydrogens (tertiary/aromatic N) is 2. The van der Waals surface area contributed by atoms with Crippen LogP contribution in [-0.4, -0.2) is 21.6 Å². The van der Waals surface area contributed by atoms with Crippen molar-refractivity contribution in [2.45, 2.75) is 25.9 Å². The number of carbonyl (C=O) groups is 2. The number of aromatic nitrogens is 2. The molecule has 2 heterocycles. The summed E-state index contributed by atoms with van der Waals surface area (Å²) in [6, 6.07) is 9.05. The molecular formula is C16H18N4O2. The van der Waals surface area contributed by atoms with E-state index >= 15 is 0 Å². The van der Waals surface area contributed by atoms with Gasteiger partial charge in [-0.3, -0.25) is 14.3 Å². The Balaban J connectivity index is 1.61. The number of nitrogens with one attached hydrogen (secondary N) is 2. The number of aryl methyl sites for hydroxylation is 2. The summed E-state index contributed by atoms with van der Waals surface area (Å²) >= 11 is 0. The first-order valence-electron chi connectivity index (χ1n) is 7.20. The lowest BCUT2D eigenvalue weighted by Crippen LogP contribution is -2.29. The molecule has 1 aromatic carbocycles. The van der Waals surface area contributed by atoms with Gasteiger partial charge in [0.05, 0.1) is 30.4 Å². The molecule has 6 heteroatoms. The Morgan fingerprint density at radius 3 is 2.91 bits per heavy atom. The van der Waals surface area contributed by atoms with Crippen LogP contribution in [0.1, 0.15) is 39.8 Å². The molecule has 6 nitrogen and oxygen atoms in total. The molecule has 0 aliphatic carbocycles. The lowest BCUT2D eigenvalue weighted by Gasteiger charge is -2.12. The molecule has 2 amide bonds. The molecule has 3 rings (SSSR count). The van der Waals surface area contributed by atoms with Gasteiger partial charge in [0.25, 0.3) is 5.91 Å². The monoisotopic (exact) mass is 298 g/mol. The van der Waals surface area contributed by atoms with Gasteiger partial charge in [0.1, 0.15) is 0 Å². The lowest BCUT2D eigenvalue weighted by molar-refractivity contribution is -0.121. The summed E-state index contributed by atoms with van der Waals surface area (Å²) in [6.07, 6.45) is 0.236. The molecule has 1 aliphatic rings. The van der Waals surface area contributed by atoms with Crippen molar-refractivity contribution in [3.8, 4) is 0 Å². The van der Waals surface area contributed by atoms with Crippen LogP contribution in [-0.2, 0) is 18.4 Å². The summed E-state index contributed by atoms with van der Waals surface area (Å²) in [5.41, 5.74) is 3.41. The van der Waals surface area contributed by atoms with Crippen molar-refractivity contribution in [2.75, 3.05) is 0 Å². The highest BCUT2D eigenvalue weighted by Gasteiger charge is 2.29. The zero-order valence-electron chi connectivity index (χ0n) is 12.6. The SMILES string of the molecule is Cc1cc(CNC(=O)C[C@@H]2NC(=O)c3ccccc32)n(C)n1. The highest BCUT2D eigenvalue weighted by atomic mass is 16.2. The topological polar surface area (TPSA) is 76.0 Å². The number of rotatable bonds is 4. The second-order valence-electron chi connectivity index (χ2n) is 5.49. The van der Waals surface area contributed by atoms with Gasteiger partial charge in [-0.2, -0.15) is 5.10 Å². The van der Waals surface area contributed by atoms with E-state index in [4.69, 9.17) is 0 Å². The molecule has 0 unspecified atom stereocenters.